The zero-order valence-electron chi connectivity index (χ0n) is 19.4. The van der Waals surface area contributed by atoms with Crippen molar-refractivity contribution in [1.82, 2.24) is 15.5 Å². The highest BCUT2D eigenvalue weighted by molar-refractivity contribution is 7.98. The minimum Gasteiger partial charge on any atom is -0.481 e. The molecule has 0 aliphatic carbocycles. The third-order valence-corrected chi connectivity index (χ3v) is 6.53. The number of nitrogens with one attached hydrogen (secondary N) is 2. The standard InChI is InChI=1S/C21H36N4O7S/c1-4-12(2)17(22)20(30)25-10-5-6-15(25)19(29)23-13(7-8-16(26)27)18(28)24-14(21(31)32)9-11-33-3/h12-15,17H,4-11,22H2,1-3H3,(H,23,29)(H,24,28)(H,26,27)(H,31,32). The molecule has 33 heavy (non-hydrogen) atoms. The highest BCUT2D eigenvalue weighted by Crippen LogP contribution is 2.21. The Kier molecular flexibility index (Phi) is 12.2. The van der Waals surface area contributed by atoms with Crippen molar-refractivity contribution >= 4 is 41.4 Å². The van der Waals surface area contributed by atoms with Crippen LogP contribution in [0.4, 0.5) is 0 Å². The first-order chi connectivity index (χ1) is 15.5. The van der Waals surface area contributed by atoms with E-state index in [2.05, 4.69) is 10.6 Å². The predicted octanol–water partition coefficient (Wildman–Crippen LogP) is 0.0229. The topological polar surface area (TPSA) is 179 Å². The van der Waals surface area contributed by atoms with Crippen LogP contribution in [0.3, 0.4) is 0 Å². The Hall–Kier alpha value is -2.34. The molecule has 0 aromatic rings. The van der Waals surface area contributed by atoms with Crippen LogP contribution in [0.2, 0.25) is 0 Å². The molecule has 1 heterocycles. The second kappa shape index (κ2) is 14.0. The van der Waals surface area contributed by atoms with Crippen LogP contribution in [0.1, 0.15) is 52.4 Å². The van der Waals surface area contributed by atoms with Crippen molar-refractivity contribution in [3.05, 3.63) is 0 Å². The van der Waals surface area contributed by atoms with E-state index < -0.39 is 54.3 Å². The molecule has 5 unspecified atom stereocenters. The third kappa shape index (κ3) is 8.84. The van der Waals surface area contributed by atoms with E-state index in [0.717, 1.165) is 0 Å². The summed E-state index contributed by atoms with van der Waals surface area (Å²) in [7, 11) is 0. The number of thioether (sulfide) groups is 1. The van der Waals surface area contributed by atoms with E-state index in [-0.39, 0.29) is 24.7 Å². The van der Waals surface area contributed by atoms with Gasteiger partial charge in [-0.3, -0.25) is 19.2 Å². The molecule has 1 saturated heterocycles. The van der Waals surface area contributed by atoms with E-state index in [9.17, 15) is 29.1 Å². The average Bonchev–Trinajstić information content (AvgIpc) is 3.27. The number of hydrogen-bond acceptors (Lipinski definition) is 7. The summed E-state index contributed by atoms with van der Waals surface area (Å²) >= 11 is 1.42. The second-order valence-corrected chi connectivity index (χ2v) is 9.26. The van der Waals surface area contributed by atoms with Gasteiger partial charge in [-0.15, -0.1) is 0 Å². The van der Waals surface area contributed by atoms with Crippen molar-refractivity contribution in [2.45, 2.75) is 76.5 Å². The molecule has 1 rings (SSSR count). The summed E-state index contributed by atoms with van der Waals surface area (Å²) in [5, 5.41) is 23.3. The van der Waals surface area contributed by atoms with Gasteiger partial charge in [0.05, 0.1) is 6.04 Å². The molecule has 6 N–H and O–H groups in total. The van der Waals surface area contributed by atoms with Gasteiger partial charge in [0.15, 0.2) is 0 Å². The lowest BCUT2D eigenvalue weighted by atomic mass is 9.98. The third-order valence-electron chi connectivity index (χ3n) is 5.89. The maximum absolute atomic E-state index is 13.0. The van der Waals surface area contributed by atoms with Gasteiger partial charge in [-0.05, 0) is 43.6 Å². The molecule has 5 atom stereocenters. The van der Waals surface area contributed by atoms with Crippen molar-refractivity contribution in [3.63, 3.8) is 0 Å². The average molecular weight is 489 g/mol. The van der Waals surface area contributed by atoms with E-state index >= 15 is 0 Å². The normalized spacial score (nSPS) is 19.3. The Bertz CT molecular complexity index is 721. The molecule has 0 bridgehead atoms. The highest BCUT2D eigenvalue weighted by Gasteiger charge is 2.38. The Morgan fingerprint density at radius 2 is 1.79 bits per heavy atom. The van der Waals surface area contributed by atoms with Crippen molar-refractivity contribution in [3.8, 4) is 0 Å². The van der Waals surface area contributed by atoms with Crippen LogP contribution in [0, 0.1) is 5.92 Å². The van der Waals surface area contributed by atoms with Crippen LogP contribution in [0.15, 0.2) is 0 Å². The molecular weight excluding hydrogens is 452 g/mol. The Morgan fingerprint density at radius 3 is 2.33 bits per heavy atom. The molecule has 0 spiro atoms. The summed E-state index contributed by atoms with van der Waals surface area (Å²) in [6.07, 6.45) is 3.07. The summed E-state index contributed by atoms with van der Waals surface area (Å²) in [4.78, 5) is 62.5. The zero-order chi connectivity index (χ0) is 25.1. The van der Waals surface area contributed by atoms with Gasteiger partial charge >= 0.3 is 11.9 Å². The number of rotatable bonds is 14. The molecule has 1 aliphatic heterocycles. The van der Waals surface area contributed by atoms with Gasteiger partial charge < -0.3 is 31.5 Å². The number of amides is 3. The molecule has 3 amide bonds. The minimum absolute atomic E-state index is 0.0647. The monoisotopic (exact) mass is 488 g/mol. The fraction of sp³-hybridized carbons (Fsp3) is 0.762. The minimum atomic E-state index is -1.24. The zero-order valence-corrected chi connectivity index (χ0v) is 20.2. The Balaban J connectivity index is 2.94. The first kappa shape index (κ1) is 28.7. The molecule has 12 heteroatoms. The SMILES string of the molecule is CCC(C)C(N)C(=O)N1CCCC1C(=O)NC(CCC(=O)O)C(=O)NC(CCSC)C(=O)O. The number of likely N-dealkylation sites (tertiary alicyclic amines) is 1. The number of nitrogens with two attached hydrogens (primary N) is 1. The smallest absolute Gasteiger partial charge is 0.326 e. The van der Waals surface area contributed by atoms with Crippen LogP contribution in [-0.2, 0) is 24.0 Å². The van der Waals surface area contributed by atoms with Gasteiger partial charge in [-0.25, -0.2) is 4.79 Å². The number of aliphatic carboxylic acids is 2. The summed E-state index contributed by atoms with van der Waals surface area (Å²) in [6.45, 7) is 4.14. The predicted molar refractivity (Wildman–Crippen MR) is 124 cm³/mol. The van der Waals surface area contributed by atoms with Crippen molar-refractivity contribution in [1.29, 1.82) is 0 Å². The lowest BCUT2D eigenvalue weighted by molar-refractivity contribution is -0.144. The number of carboxylic acid groups (broad SMARTS) is 2. The molecule has 188 valence electrons. The quantitative estimate of drug-likeness (QED) is 0.225. The van der Waals surface area contributed by atoms with Crippen LogP contribution in [0.25, 0.3) is 0 Å². The molecule has 0 aromatic carbocycles. The fourth-order valence-corrected chi connectivity index (χ4v) is 4.03. The first-order valence-corrected chi connectivity index (χ1v) is 12.5. The Labute approximate surface area is 198 Å². The summed E-state index contributed by atoms with van der Waals surface area (Å²) in [5.41, 5.74) is 6.06. The summed E-state index contributed by atoms with van der Waals surface area (Å²) < 4.78 is 0. The number of hydrogen-bond donors (Lipinski definition) is 5. The maximum atomic E-state index is 13.0. The lowest BCUT2D eigenvalue weighted by Crippen LogP contribution is -2.57. The van der Waals surface area contributed by atoms with Gasteiger partial charge in [0.2, 0.25) is 17.7 Å². The van der Waals surface area contributed by atoms with Crippen molar-refractivity contribution < 1.29 is 34.2 Å². The fourth-order valence-electron chi connectivity index (χ4n) is 3.56. The van der Waals surface area contributed by atoms with Crippen LogP contribution in [-0.4, -0.2) is 87.5 Å². The highest BCUT2D eigenvalue weighted by atomic mass is 32.2. The number of carbonyl (C=O) groups is 5. The maximum Gasteiger partial charge on any atom is 0.326 e. The van der Waals surface area contributed by atoms with E-state index in [1.165, 1.54) is 16.7 Å². The van der Waals surface area contributed by atoms with Gasteiger partial charge in [-0.1, -0.05) is 20.3 Å². The number of carbonyl (C=O) groups excluding carboxylic acids is 3. The Morgan fingerprint density at radius 1 is 1.12 bits per heavy atom. The van der Waals surface area contributed by atoms with E-state index in [0.29, 0.717) is 31.6 Å². The number of carboxylic acids is 2. The van der Waals surface area contributed by atoms with Crippen LogP contribution < -0.4 is 16.4 Å². The molecule has 0 aromatic heterocycles. The van der Waals surface area contributed by atoms with Crippen molar-refractivity contribution in [2.24, 2.45) is 11.7 Å². The van der Waals surface area contributed by atoms with E-state index in [1.54, 1.807) is 6.26 Å². The second-order valence-electron chi connectivity index (χ2n) is 8.28. The molecular formula is C21H36N4O7S. The van der Waals surface area contributed by atoms with E-state index in [1.807, 2.05) is 13.8 Å². The molecule has 0 radical (unpaired) electrons. The van der Waals surface area contributed by atoms with E-state index in [4.69, 9.17) is 10.8 Å². The van der Waals surface area contributed by atoms with Gasteiger partial charge in [-0.2, -0.15) is 11.8 Å². The lowest BCUT2D eigenvalue weighted by Gasteiger charge is -2.30. The first-order valence-electron chi connectivity index (χ1n) is 11.1. The summed E-state index contributed by atoms with van der Waals surface area (Å²) in [6, 6.07) is -3.97. The molecule has 0 saturated carbocycles. The largest absolute Gasteiger partial charge is 0.481 e. The van der Waals surface area contributed by atoms with Gasteiger partial charge in [0.1, 0.15) is 18.1 Å². The number of nitrogens with zero attached hydrogens (tertiary/aromatic N) is 1. The summed E-state index contributed by atoms with van der Waals surface area (Å²) in [5.74, 6) is -3.63. The van der Waals surface area contributed by atoms with Crippen LogP contribution >= 0.6 is 11.8 Å². The molecule has 1 aliphatic rings. The molecule has 11 nitrogen and oxygen atoms in total. The molecule has 1 fully saturated rings. The van der Waals surface area contributed by atoms with Crippen LogP contribution in [0.5, 0.6) is 0 Å². The van der Waals surface area contributed by atoms with Gasteiger partial charge in [0.25, 0.3) is 0 Å². The van der Waals surface area contributed by atoms with Crippen molar-refractivity contribution in [2.75, 3.05) is 18.6 Å². The van der Waals surface area contributed by atoms with Gasteiger partial charge in [0, 0.05) is 13.0 Å².